The molecule has 1 amide bonds. The maximum atomic E-state index is 12.4. The number of hydrogen-bond acceptors (Lipinski definition) is 2. The number of carbonyl (C=O) groups is 1. The van der Waals surface area contributed by atoms with Gasteiger partial charge in [-0.15, -0.1) is 0 Å². The summed E-state index contributed by atoms with van der Waals surface area (Å²) in [5, 5.41) is 0. The number of carbonyl (C=O) groups excluding carboxylic acids is 1. The van der Waals surface area contributed by atoms with E-state index < -0.39 is 0 Å². The van der Waals surface area contributed by atoms with Gasteiger partial charge in [-0.2, -0.15) is 0 Å². The van der Waals surface area contributed by atoms with Crippen molar-refractivity contribution in [2.24, 2.45) is 17.6 Å². The van der Waals surface area contributed by atoms with Crippen LogP contribution in [0.5, 0.6) is 0 Å². The molecule has 2 N–H and O–H groups in total. The molecular formula is C15H28N2O. The van der Waals surface area contributed by atoms with Crippen molar-refractivity contribution in [2.75, 3.05) is 6.54 Å². The van der Waals surface area contributed by atoms with Gasteiger partial charge < -0.3 is 10.6 Å². The average molecular weight is 252 g/mol. The molecule has 2 aliphatic rings. The number of nitrogens with zero attached hydrogens (tertiary/aromatic N) is 1. The second-order valence-corrected chi connectivity index (χ2v) is 6.53. The van der Waals surface area contributed by atoms with Crippen LogP contribution in [-0.2, 0) is 4.79 Å². The zero-order chi connectivity index (χ0) is 13.1. The maximum Gasteiger partial charge on any atom is 0.239 e. The molecule has 1 aliphatic heterocycles. The lowest BCUT2D eigenvalue weighted by atomic mass is 9.85. The Bertz CT molecular complexity index is 286. The Morgan fingerprint density at radius 2 is 1.94 bits per heavy atom. The van der Waals surface area contributed by atoms with Crippen LogP contribution in [0.3, 0.4) is 0 Å². The third-order valence-electron chi connectivity index (χ3n) is 4.70. The summed E-state index contributed by atoms with van der Waals surface area (Å²) < 4.78 is 0. The Morgan fingerprint density at radius 3 is 2.50 bits per heavy atom. The van der Waals surface area contributed by atoms with Gasteiger partial charge in [0.25, 0.3) is 0 Å². The molecule has 3 atom stereocenters. The molecular weight excluding hydrogens is 224 g/mol. The highest BCUT2D eigenvalue weighted by Gasteiger charge is 2.33. The van der Waals surface area contributed by atoms with E-state index in [1.165, 1.54) is 32.1 Å². The third-order valence-corrected chi connectivity index (χ3v) is 4.70. The normalized spacial score (nSPS) is 31.6. The molecule has 0 radical (unpaired) electrons. The average Bonchev–Trinajstić information content (AvgIpc) is 2.68. The van der Waals surface area contributed by atoms with Gasteiger partial charge in [0.15, 0.2) is 0 Å². The van der Waals surface area contributed by atoms with Gasteiger partial charge >= 0.3 is 0 Å². The number of likely N-dealkylation sites (tertiary alicyclic amines) is 1. The molecule has 3 nitrogen and oxygen atoms in total. The van der Waals surface area contributed by atoms with E-state index >= 15 is 0 Å². The van der Waals surface area contributed by atoms with E-state index in [0.29, 0.717) is 17.9 Å². The minimum Gasteiger partial charge on any atom is -0.338 e. The quantitative estimate of drug-likeness (QED) is 0.839. The van der Waals surface area contributed by atoms with Crippen molar-refractivity contribution < 1.29 is 4.79 Å². The number of nitrogens with two attached hydrogens (primary N) is 1. The van der Waals surface area contributed by atoms with Gasteiger partial charge in [-0.25, -0.2) is 0 Å². The summed E-state index contributed by atoms with van der Waals surface area (Å²) >= 11 is 0. The van der Waals surface area contributed by atoms with Crippen LogP contribution < -0.4 is 5.73 Å². The first kappa shape index (κ1) is 13.9. The first-order valence-electron chi connectivity index (χ1n) is 7.64. The van der Waals surface area contributed by atoms with Gasteiger partial charge in [0, 0.05) is 12.6 Å². The van der Waals surface area contributed by atoms with Crippen molar-refractivity contribution in [1.82, 2.24) is 4.90 Å². The van der Waals surface area contributed by atoms with Crippen LogP contribution in [0.1, 0.15) is 58.8 Å². The van der Waals surface area contributed by atoms with E-state index in [1.807, 2.05) is 4.90 Å². The van der Waals surface area contributed by atoms with Crippen molar-refractivity contribution in [3.05, 3.63) is 0 Å². The standard InChI is InChI=1S/C15H28N2O/c1-11-8-12(2)17(10-11)15(18)14(16)9-13-6-4-3-5-7-13/h11-14H,3-10,16H2,1-2H3. The highest BCUT2D eigenvalue weighted by atomic mass is 16.2. The zero-order valence-electron chi connectivity index (χ0n) is 11.9. The van der Waals surface area contributed by atoms with Crippen LogP contribution in [0.15, 0.2) is 0 Å². The lowest BCUT2D eigenvalue weighted by Gasteiger charge is -2.28. The SMILES string of the molecule is CC1CC(C)N(C(=O)C(N)CC2CCCCC2)C1. The molecule has 0 bridgehead atoms. The number of amides is 1. The van der Waals surface area contributed by atoms with Gasteiger partial charge in [0.05, 0.1) is 6.04 Å². The first-order valence-corrected chi connectivity index (χ1v) is 7.64. The lowest BCUT2D eigenvalue weighted by Crippen LogP contribution is -2.46. The summed E-state index contributed by atoms with van der Waals surface area (Å²) in [6.45, 7) is 5.27. The molecule has 18 heavy (non-hydrogen) atoms. The topological polar surface area (TPSA) is 46.3 Å². The van der Waals surface area contributed by atoms with Crippen LogP contribution in [0, 0.1) is 11.8 Å². The fraction of sp³-hybridized carbons (Fsp3) is 0.933. The van der Waals surface area contributed by atoms with E-state index in [2.05, 4.69) is 13.8 Å². The van der Waals surface area contributed by atoms with Crippen molar-refractivity contribution >= 4 is 5.91 Å². The number of rotatable bonds is 3. The van der Waals surface area contributed by atoms with Gasteiger partial charge in [-0.05, 0) is 31.6 Å². The van der Waals surface area contributed by atoms with Crippen molar-refractivity contribution in [2.45, 2.75) is 70.9 Å². The summed E-state index contributed by atoms with van der Waals surface area (Å²) in [6.07, 6.45) is 8.57. The van der Waals surface area contributed by atoms with E-state index in [0.717, 1.165) is 19.4 Å². The fourth-order valence-electron chi connectivity index (χ4n) is 3.70. The number of hydrogen-bond donors (Lipinski definition) is 1. The van der Waals surface area contributed by atoms with Crippen LogP contribution in [0.25, 0.3) is 0 Å². The molecule has 0 aromatic rings. The van der Waals surface area contributed by atoms with Crippen LogP contribution in [0.2, 0.25) is 0 Å². The first-order chi connectivity index (χ1) is 8.58. The molecule has 1 saturated carbocycles. The van der Waals surface area contributed by atoms with Crippen molar-refractivity contribution in [3.63, 3.8) is 0 Å². The molecule has 0 spiro atoms. The third kappa shape index (κ3) is 3.25. The van der Waals surface area contributed by atoms with E-state index in [9.17, 15) is 4.79 Å². The summed E-state index contributed by atoms with van der Waals surface area (Å²) in [5.74, 6) is 1.51. The van der Waals surface area contributed by atoms with Gasteiger partial charge in [0.1, 0.15) is 0 Å². The summed E-state index contributed by atoms with van der Waals surface area (Å²) in [4.78, 5) is 14.4. The monoisotopic (exact) mass is 252 g/mol. The second-order valence-electron chi connectivity index (χ2n) is 6.53. The Hall–Kier alpha value is -0.570. The smallest absolute Gasteiger partial charge is 0.239 e. The molecule has 104 valence electrons. The molecule has 0 aromatic heterocycles. The summed E-state index contributed by atoms with van der Waals surface area (Å²) in [7, 11) is 0. The van der Waals surface area contributed by atoms with E-state index in [4.69, 9.17) is 5.73 Å². The largest absolute Gasteiger partial charge is 0.338 e. The Morgan fingerprint density at radius 1 is 1.28 bits per heavy atom. The van der Waals surface area contributed by atoms with E-state index in [-0.39, 0.29) is 11.9 Å². The highest BCUT2D eigenvalue weighted by Crippen LogP contribution is 2.28. The molecule has 2 rings (SSSR count). The zero-order valence-corrected chi connectivity index (χ0v) is 11.9. The van der Waals surface area contributed by atoms with Crippen LogP contribution in [0.4, 0.5) is 0 Å². The lowest BCUT2D eigenvalue weighted by molar-refractivity contribution is -0.133. The van der Waals surface area contributed by atoms with Gasteiger partial charge in [0.2, 0.25) is 5.91 Å². The second kappa shape index (κ2) is 6.05. The predicted octanol–water partition coefficient (Wildman–Crippen LogP) is 2.54. The summed E-state index contributed by atoms with van der Waals surface area (Å²) in [6, 6.07) is 0.116. The van der Waals surface area contributed by atoms with Crippen LogP contribution >= 0.6 is 0 Å². The van der Waals surface area contributed by atoms with E-state index in [1.54, 1.807) is 0 Å². The highest BCUT2D eigenvalue weighted by molar-refractivity contribution is 5.82. The Balaban J connectivity index is 1.84. The molecule has 1 heterocycles. The molecule has 2 fully saturated rings. The minimum atomic E-state index is -0.263. The molecule has 0 aromatic carbocycles. The summed E-state index contributed by atoms with van der Waals surface area (Å²) in [5.41, 5.74) is 6.14. The predicted molar refractivity (Wildman–Crippen MR) is 74.1 cm³/mol. The Labute approximate surface area is 111 Å². The van der Waals surface area contributed by atoms with Crippen molar-refractivity contribution in [1.29, 1.82) is 0 Å². The molecule has 3 unspecified atom stereocenters. The van der Waals surface area contributed by atoms with Gasteiger partial charge in [-0.3, -0.25) is 4.79 Å². The fourth-order valence-corrected chi connectivity index (χ4v) is 3.70. The Kier molecular flexibility index (Phi) is 4.66. The maximum absolute atomic E-state index is 12.4. The van der Waals surface area contributed by atoms with Crippen LogP contribution in [-0.4, -0.2) is 29.4 Å². The molecule has 1 aliphatic carbocycles. The van der Waals surface area contributed by atoms with Gasteiger partial charge in [-0.1, -0.05) is 39.0 Å². The van der Waals surface area contributed by atoms with Crippen molar-refractivity contribution in [3.8, 4) is 0 Å². The minimum absolute atomic E-state index is 0.192. The molecule has 1 saturated heterocycles. The molecule has 3 heteroatoms.